The molecule has 2 aromatic heterocycles. The first-order chi connectivity index (χ1) is 7.25. The molecule has 2 aromatic rings. The largest absolute Gasteiger partial charge is 0.369 e. The number of hydrogen-bond acceptors (Lipinski definition) is 3. The highest BCUT2D eigenvalue weighted by molar-refractivity contribution is 5.77. The molecule has 1 fully saturated rings. The van der Waals surface area contributed by atoms with Crippen LogP contribution in [0.1, 0.15) is 13.3 Å². The number of nitrogens with zero attached hydrogens (tertiary/aromatic N) is 3. The monoisotopic (exact) mass is 202 g/mol. The second-order valence-corrected chi connectivity index (χ2v) is 4.42. The molecule has 2 atom stereocenters. The van der Waals surface area contributed by atoms with Crippen molar-refractivity contribution in [1.82, 2.24) is 14.5 Å². The summed E-state index contributed by atoms with van der Waals surface area (Å²) in [6.45, 7) is 3.27. The maximum atomic E-state index is 5.90. The highest BCUT2D eigenvalue weighted by Gasteiger charge is 2.33. The second kappa shape index (κ2) is 2.95. The van der Waals surface area contributed by atoms with Crippen molar-refractivity contribution in [3.63, 3.8) is 0 Å². The van der Waals surface area contributed by atoms with Crippen LogP contribution in [0.25, 0.3) is 11.0 Å². The average Bonchev–Trinajstić information content (AvgIpc) is 2.82. The van der Waals surface area contributed by atoms with E-state index >= 15 is 0 Å². The molecule has 0 spiro atoms. The van der Waals surface area contributed by atoms with E-state index in [1.807, 2.05) is 6.07 Å². The molecule has 0 saturated heterocycles. The highest BCUT2D eigenvalue weighted by atomic mass is 15.2. The van der Waals surface area contributed by atoms with E-state index < -0.39 is 0 Å². The Labute approximate surface area is 88.1 Å². The van der Waals surface area contributed by atoms with Gasteiger partial charge in [-0.05, 0) is 24.3 Å². The number of anilines is 1. The maximum absolute atomic E-state index is 5.90. The molecule has 4 heteroatoms. The van der Waals surface area contributed by atoms with E-state index in [2.05, 4.69) is 21.5 Å². The zero-order valence-electron chi connectivity index (χ0n) is 8.72. The summed E-state index contributed by atoms with van der Waals surface area (Å²) in [5.41, 5.74) is 7.89. The van der Waals surface area contributed by atoms with Gasteiger partial charge in [-0.25, -0.2) is 4.98 Å². The van der Waals surface area contributed by atoms with Crippen LogP contribution in [0, 0.1) is 11.8 Å². The van der Waals surface area contributed by atoms with Crippen molar-refractivity contribution in [1.29, 1.82) is 0 Å². The summed E-state index contributed by atoms with van der Waals surface area (Å²) in [5, 5.41) is 0. The third-order valence-electron chi connectivity index (χ3n) is 3.27. The van der Waals surface area contributed by atoms with Crippen LogP contribution in [0.4, 0.5) is 5.95 Å². The number of nitrogens with two attached hydrogens (primary N) is 1. The molecule has 0 radical (unpaired) electrons. The molecule has 1 aliphatic carbocycles. The van der Waals surface area contributed by atoms with Gasteiger partial charge in [0.05, 0.1) is 11.7 Å². The fourth-order valence-electron chi connectivity index (χ4n) is 2.08. The van der Waals surface area contributed by atoms with Gasteiger partial charge in [0.25, 0.3) is 0 Å². The van der Waals surface area contributed by atoms with E-state index in [0.29, 0.717) is 5.95 Å². The Hall–Kier alpha value is -1.58. The molecule has 1 aliphatic rings. The normalized spacial score (nSPS) is 24.6. The number of imidazole rings is 1. The predicted molar refractivity (Wildman–Crippen MR) is 59.2 cm³/mol. The van der Waals surface area contributed by atoms with E-state index in [-0.39, 0.29) is 0 Å². The minimum atomic E-state index is 0.608. The molecule has 0 amide bonds. The maximum Gasteiger partial charge on any atom is 0.201 e. The summed E-state index contributed by atoms with van der Waals surface area (Å²) in [6, 6.07) is 1.98. The summed E-state index contributed by atoms with van der Waals surface area (Å²) < 4.78 is 2.10. The minimum absolute atomic E-state index is 0.608. The van der Waals surface area contributed by atoms with Gasteiger partial charge in [-0.15, -0.1) is 0 Å². The molecule has 15 heavy (non-hydrogen) atoms. The van der Waals surface area contributed by atoms with Gasteiger partial charge in [0.2, 0.25) is 5.95 Å². The topological polar surface area (TPSA) is 56.7 Å². The van der Waals surface area contributed by atoms with Gasteiger partial charge in [-0.2, -0.15) is 0 Å². The molecular formula is C11H14N4. The third-order valence-corrected chi connectivity index (χ3v) is 3.27. The molecule has 2 heterocycles. The summed E-state index contributed by atoms with van der Waals surface area (Å²) >= 11 is 0. The van der Waals surface area contributed by atoms with E-state index in [9.17, 15) is 0 Å². The lowest BCUT2D eigenvalue weighted by Crippen LogP contribution is -2.05. The van der Waals surface area contributed by atoms with Crippen molar-refractivity contribution in [2.75, 3.05) is 5.73 Å². The second-order valence-electron chi connectivity index (χ2n) is 4.42. The molecule has 2 N–H and O–H groups in total. The molecule has 78 valence electrons. The zero-order chi connectivity index (χ0) is 10.4. The summed E-state index contributed by atoms with van der Waals surface area (Å²) in [6.07, 6.45) is 4.86. The van der Waals surface area contributed by atoms with Gasteiger partial charge in [0, 0.05) is 12.7 Å². The van der Waals surface area contributed by atoms with Crippen LogP contribution in [0.15, 0.2) is 18.5 Å². The van der Waals surface area contributed by atoms with Crippen LogP contribution in [-0.2, 0) is 6.54 Å². The van der Waals surface area contributed by atoms with Crippen molar-refractivity contribution in [2.24, 2.45) is 11.8 Å². The fourth-order valence-corrected chi connectivity index (χ4v) is 2.08. The lowest BCUT2D eigenvalue weighted by Gasteiger charge is -2.04. The number of aromatic nitrogens is 3. The smallest absolute Gasteiger partial charge is 0.201 e. The Balaban J connectivity index is 2.04. The van der Waals surface area contributed by atoms with Gasteiger partial charge in [0.15, 0.2) is 0 Å². The molecular weight excluding hydrogens is 188 g/mol. The van der Waals surface area contributed by atoms with Crippen LogP contribution < -0.4 is 5.73 Å². The van der Waals surface area contributed by atoms with Crippen molar-refractivity contribution in [3.8, 4) is 0 Å². The molecule has 0 bridgehead atoms. The lowest BCUT2D eigenvalue weighted by molar-refractivity contribution is 0.612. The van der Waals surface area contributed by atoms with E-state index in [4.69, 9.17) is 5.73 Å². The number of pyridine rings is 1. The number of fused-ring (bicyclic) bond motifs is 1. The number of hydrogen-bond donors (Lipinski definition) is 1. The number of rotatable bonds is 2. The van der Waals surface area contributed by atoms with E-state index in [1.165, 1.54) is 6.42 Å². The fraction of sp³-hybridized carbons (Fsp3) is 0.455. The molecule has 2 unspecified atom stereocenters. The molecule has 3 rings (SSSR count). The van der Waals surface area contributed by atoms with Gasteiger partial charge in [-0.1, -0.05) is 6.92 Å². The summed E-state index contributed by atoms with van der Waals surface area (Å²) in [7, 11) is 0. The Bertz CT molecular complexity index is 502. The average molecular weight is 202 g/mol. The standard InChI is InChI=1S/C11H14N4/c1-7-4-8(7)6-15-10-2-3-13-5-9(10)14-11(15)12/h2-3,5,7-8H,4,6H2,1H3,(H2,12,14). The summed E-state index contributed by atoms with van der Waals surface area (Å²) in [5.74, 6) is 2.22. The zero-order valence-corrected chi connectivity index (χ0v) is 8.72. The van der Waals surface area contributed by atoms with Crippen LogP contribution in [0.3, 0.4) is 0 Å². The van der Waals surface area contributed by atoms with Gasteiger partial charge in [0.1, 0.15) is 5.52 Å². The van der Waals surface area contributed by atoms with Crippen molar-refractivity contribution >= 4 is 17.0 Å². The SMILES string of the molecule is CC1CC1Cn1c(N)nc2cnccc21. The summed E-state index contributed by atoms with van der Waals surface area (Å²) in [4.78, 5) is 8.34. The van der Waals surface area contributed by atoms with Crippen LogP contribution in [0.2, 0.25) is 0 Å². The molecule has 1 saturated carbocycles. The minimum Gasteiger partial charge on any atom is -0.369 e. The van der Waals surface area contributed by atoms with Gasteiger partial charge >= 0.3 is 0 Å². The first-order valence-electron chi connectivity index (χ1n) is 5.31. The lowest BCUT2D eigenvalue weighted by atomic mass is 10.3. The molecule has 0 aliphatic heterocycles. The molecule has 0 aromatic carbocycles. The van der Waals surface area contributed by atoms with Gasteiger partial charge in [-0.3, -0.25) is 4.98 Å². The molecule has 4 nitrogen and oxygen atoms in total. The van der Waals surface area contributed by atoms with E-state index in [1.54, 1.807) is 12.4 Å². The highest BCUT2D eigenvalue weighted by Crippen LogP contribution is 2.40. The first-order valence-corrected chi connectivity index (χ1v) is 5.31. The van der Waals surface area contributed by atoms with E-state index in [0.717, 1.165) is 29.4 Å². The Kier molecular flexibility index (Phi) is 1.71. The third kappa shape index (κ3) is 1.37. The van der Waals surface area contributed by atoms with Crippen molar-refractivity contribution < 1.29 is 0 Å². The Morgan fingerprint density at radius 1 is 1.60 bits per heavy atom. The van der Waals surface area contributed by atoms with Crippen molar-refractivity contribution in [2.45, 2.75) is 19.9 Å². The van der Waals surface area contributed by atoms with Crippen LogP contribution in [0.5, 0.6) is 0 Å². The van der Waals surface area contributed by atoms with Crippen LogP contribution >= 0.6 is 0 Å². The quantitative estimate of drug-likeness (QED) is 0.805. The van der Waals surface area contributed by atoms with Gasteiger partial charge < -0.3 is 10.3 Å². The Morgan fingerprint density at radius 3 is 3.13 bits per heavy atom. The predicted octanol–water partition coefficient (Wildman–Crippen LogP) is 1.67. The number of nitrogen functional groups attached to an aromatic ring is 1. The van der Waals surface area contributed by atoms with Crippen LogP contribution in [-0.4, -0.2) is 14.5 Å². The van der Waals surface area contributed by atoms with Crippen molar-refractivity contribution in [3.05, 3.63) is 18.5 Å². The first kappa shape index (κ1) is 8.71. The Morgan fingerprint density at radius 2 is 2.40 bits per heavy atom.